The van der Waals surface area contributed by atoms with E-state index in [0.29, 0.717) is 11.5 Å². The van der Waals surface area contributed by atoms with Crippen molar-refractivity contribution in [2.75, 3.05) is 0 Å². The number of carboxylic acids is 1. The van der Waals surface area contributed by atoms with Gasteiger partial charge in [0.25, 0.3) is 5.91 Å². The summed E-state index contributed by atoms with van der Waals surface area (Å²) in [4.78, 5) is 34.4. The molecule has 2 aromatic heterocycles. The van der Waals surface area contributed by atoms with Crippen LogP contribution in [0.5, 0.6) is 0 Å². The number of hydrogen-bond donors (Lipinski definition) is 3. The van der Waals surface area contributed by atoms with Gasteiger partial charge in [-0.1, -0.05) is 18.6 Å². The first-order valence-corrected chi connectivity index (χ1v) is 11.8. The van der Waals surface area contributed by atoms with Gasteiger partial charge in [0, 0.05) is 17.5 Å². The zero-order valence-electron chi connectivity index (χ0n) is 18.7. The molecule has 1 saturated carbocycles. The number of halogens is 3. The number of carbonyl (C=O) groups is 2. The van der Waals surface area contributed by atoms with Gasteiger partial charge in [-0.05, 0) is 56.5 Å². The van der Waals surface area contributed by atoms with Gasteiger partial charge >= 0.3 is 12.1 Å². The number of aromatic nitrogens is 3. The van der Waals surface area contributed by atoms with Crippen LogP contribution in [0.1, 0.15) is 52.8 Å². The number of aryl methyl sites for hydroxylation is 1. The number of amides is 1. The molecule has 0 spiro atoms. The number of aliphatic carboxylic acids is 1. The lowest BCUT2D eigenvalue weighted by Crippen LogP contribution is -2.38. The van der Waals surface area contributed by atoms with Gasteiger partial charge in [0.15, 0.2) is 0 Å². The molecule has 0 aliphatic heterocycles. The van der Waals surface area contributed by atoms with Gasteiger partial charge in [-0.2, -0.15) is 13.2 Å². The van der Waals surface area contributed by atoms with Crippen LogP contribution >= 0.6 is 11.3 Å². The maximum atomic E-state index is 12.8. The first-order chi connectivity index (χ1) is 16.6. The molecular weight excluding hydrogens is 481 g/mol. The van der Waals surface area contributed by atoms with Crippen molar-refractivity contribution in [2.45, 2.75) is 50.7 Å². The molecule has 3 N–H and O–H groups in total. The van der Waals surface area contributed by atoms with Gasteiger partial charge in [0.1, 0.15) is 5.82 Å². The fourth-order valence-electron chi connectivity index (χ4n) is 4.19. The van der Waals surface area contributed by atoms with Crippen molar-refractivity contribution < 1.29 is 27.9 Å². The highest BCUT2D eigenvalue weighted by Gasteiger charge is 2.38. The highest BCUT2D eigenvalue weighted by molar-refractivity contribution is 7.18. The summed E-state index contributed by atoms with van der Waals surface area (Å²) in [6.07, 6.45) is -0.947. The molecular formula is C24H23F3N4O3S. The van der Waals surface area contributed by atoms with Gasteiger partial charge in [-0.15, -0.1) is 11.3 Å². The van der Waals surface area contributed by atoms with Gasteiger partial charge in [0.05, 0.1) is 26.3 Å². The number of imidazole rings is 1. The number of nitrogens with zero attached hydrogens (tertiary/aromatic N) is 2. The Balaban J connectivity index is 0.000000364. The molecule has 1 aliphatic rings. The summed E-state index contributed by atoms with van der Waals surface area (Å²) in [6, 6.07) is 14.1. The molecule has 1 aliphatic carbocycles. The zero-order valence-corrected chi connectivity index (χ0v) is 19.5. The molecule has 2 aromatic carbocycles. The van der Waals surface area contributed by atoms with Crippen LogP contribution in [0.2, 0.25) is 0 Å². The Labute approximate surface area is 202 Å². The van der Waals surface area contributed by atoms with Gasteiger partial charge in [0.2, 0.25) is 0 Å². The summed E-state index contributed by atoms with van der Waals surface area (Å²) < 4.78 is 32.9. The van der Waals surface area contributed by atoms with Gasteiger partial charge in [-0.25, -0.2) is 14.8 Å². The van der Waals surface area contributed by atoms with Crippen molar-refractivity contribution in [3.63, 3.8) is 0 Å². The van der Waals surface area contributed by atoms with Crippen molar-refractivity contribution in [3.05, 3.63) is 58.9 Å². The van der Waals surface area contributed by atoms with Crippen LogP contribution in [0.15, 0.2) is 42.5 Å². The number of hydrogen-bond acceptors (Lipinski definition) is 5. The summed E-state index contributed by atoms with van der Waals surface area (Å²) in [5, 5.41) is 11.4. The summed E-state index contributed by atoms with van der Waals surface area (Å²) in [5.74, 6) is -1.37. The molecule has 5 rings (SSSR count). The van der Waals surface area contributed by atoms with Crippen LogP contribution < -0.4 is 5.32 Å². The summed E-state index contributed by atoms with van der Waals surface area (Å²) >= 11 is 1.65. The topological polar surface area (TPSA) is 108 Å². The largest absolute Gasteiger partial charge is 0.490 e. The lowest BCUT2D eigenvalue weighted by atomic mass is 9.85. The first-order valence-electron chi connectivity index (χ1n) is 11.0. The number of H-pyrrole nitrogens is 1. The average molecular weight is 505 g/mol. The number of fused-ring (bicyclic) bond motifs is 2. The number of benzene rings is 2. The lowest BCUT2D eigenvalue weighted by molar-refractivity contribution is -0.192. The molecule has 35 heavy (non-hydrogen) atoms. The standard InChI is InChI=1S/C22H22N4OS.C2HF3O2/c1-13-23-19-12-15(9-10-20(19)28-13)22(27)24-16-6-4-5-14(11-16)21-25-17-7-2-3-8-18(17)26-21;3-2(4,5)1(6)7/h2-3,7-10,12,14,16H,4-6,11H2,1H3,(H,24,27)(H,25,26);(H,6,7)/t14-,16+;/m0./s1. The van der Waals surface area contributed by atoms with Crippen LogP contribution in [-0.2, 0) is 4.79 Å². The van der Waals surface area contributed by atoms with E-state index in [-0.39, 0.29) is 11.9 Å². The fourth-order valence-corrected chi connectivity index (χ4v) is 5.00. The van der Waals surface area contributed by atoms with Crippen molar-refractivity contribution in [2.24, 2.45) is 0 Å². The zero-order chi connectivity index (χ0) is 25.2. The summed E-state index contributed by atoms with van der Waals surface area (Å²) in [6.45, 7) is 1.99. The van der Waals surface area contributed by atoms with E-state index < -0.39 is 12.1 Å². The monoisotopic (exact) mass is 504 g/mol. The second-order valence-corrected chi connectivity index (χ2v) is 9.63. The van der Waals surface area contributed by atoms with Gasteiger partial charge < -0.3 is 15.4 Å². The number of para-hydroxylation sites is 2. The molecule has 4 aromatic rings. The highest BCUT2D eigenvalue weighted by atomic mass is 32.1. The quantitative estimate of drug-likeness (QED) is 0.338. The predicted molar refractivity (Wildman–Crippen MR) is 127 cm³/mol. The van der Waals surface area contributed by atoms with Crippen molar-refractivity contribution in [3.8, 4) is 0 Å². The minimum Gasteiger partial charge on any atom is -0.475 e. The number of nitrogens with one attached hydrogen (secondary N) is 2. The normalized spacial score (nSPS) is 18.2. The van der Waals surface area contributed by atoms with E-state index in [0.717, 1.165) is 57.8 Å². The van der Waals surface area contributed by atoms with E-state index in [9.17, 15) is 18.0 Å². The van der Waals surface area contributed by atoms with Crippen LogP contribution in [0.3, 0.4) is 0 Å². The smallest absolute Gasteiger partial charge is 0.475 e. The minimum atomic E-state index is -5.08. The number of carbonyl (C=O) groups excluding carboxylic acids is 1. The van der Waals surface area contributed by atoms with Gasteiger partial charge in [-0.3, -0.25) is 4.79 Å². The predicted octanol–water partition coefficient (Wildman–Crippen LogP) is 5.57. The fraction of sp³-hybridized carbons (Fsp3) is 0.333. The maximum Gasteiger partial charge on any atom is 0.490 e. The van der Waals surface area contributed by atoms with E-state index in [1.807, 2.05) is 43.3 Å². The number of carboxylic acid groups (broad SMARTS) is 1. The first kappa shape index (κ1) is 24.6. The molecule has 2 heterocycles. The Kier molecular flexibility index (Phi) is 7.06. The molecule has 0 saturated heterocycles. The molecule has 11 heteroatoms. The van der Waals surface area contributed by atoms with Crippen LogP contribution in [0.4, 0.5) is 13.2 Å². The molecule has 1 fully saturated rings. The number of aromatic amines is 1. The Morgan fingerprint density at radius 3 is 2.57 bits per heavy atom. The number of thiazole rings is 1. The molecule has 184 valence electrons. The van der Waals surface area contributed by atoms with Crippen molar-refractivity contribution >= 4 is 44.5 Å². The Bertz CT molecular complexity index is 1330. The average Bonchev–Trinajstić information content (AvgIpc) is 3.41. The second kappa shape index (κ2) is 10.0. The lowest BCUT2D eigenvalue weighted by Gasteiger charge is -2.28. The van der Waals surface area contributed by atoms with Crippen molar-refractivity contribution in [1.82, 2.24) is 20.3 Å². The van der Waals surface area contributed by atoms with Crippen molar-refractivity contribution in [1.29, 1.82) is 0 Å². The molecule has 7 nitrogen and oxygen atoms in total. The van der Waals surface area contributed by atoms with E-state index >= 15 is 0 Å². The number of alkyl halides is 3. The molecule has 1 amide bonds. The minimum absolute atomic E-state index is 0.0113. The number of rotatable bonds is 3. The molecule has 0 unspecified atom stereocenters. The Hall–Kier alpha value is -3.47. The van der Waals surface area contributed by atoms with Crippen LogP contribution in [0, 0.1) is 6.92 Å². The third kappa shape index (κ3) is 5.97. The SMILES string of the molecule is Cc1nc2cc(C(=O)N[C@@H]3CCC[C@H](c4nc5ccccc5[nH]4)C3)ccc2s1.O=C(O)C(F)(F)F. The third-order valence-electron chi connectivity index (χ3n) is 5.80. The van der Waals surface area contributed by atoms with Crippen LogP contribution in [0.25, 0.3) is 21.3 Å². The summed E-state index contributed by atoms with van der Waals surface area (Å²) in [7, 11) is 0. The summed E-state index contributed by atoms with van der Waals surface area (Å²) in [5.41, 5.74) is 3.67. The Morgan fingerprint density at radius 2 is 1.86 bits per heavy atom. The second-order valence-electron chi connectivity index (χ2n) is 8.39. The molecule has 2 atom stereocenters. The maximum absolute atomic E-state index is 12.8. The third-order valence-corrected chi connectivity index (χ3v) is 6.75. The Morgan fingerprint density at radius 1 is 1.11 bits per heavy atom. The van der Waals surface area contributed by atoms with E-state index in [1.165, 1.54) is 0 Å². The molecule has 0 bridgehead atoms. The molecule has 0 radical (unpaired) electrons. The van der Waals surface area contributed by atoms with E-state index in [1.54, 1.807) is 11.3 Å². The highest BCUT2D eigenvalue weighted by Crippen LogP contribution is 2.32. The van der Waals surface area contributed by atoms with E-state index in [4.69, 9.17) is 14.9 Å². The van der Waals surface area contributed by atoms with Crippen LogP contribution in [-0.4, -0.2) is 44.2 Å². The van der Waals surface area contributed by atoms with E-state index in [2.05, 4.69) is 21.4 Å².